The topological polar surface area (TPSA) is 64.3 Å². The van der Waals surface area contributed by atoms with Gasteiger partial charge in [0.15, 0.2) is 0 Å². The molecule has 1 rings (SSSR count). The summed E-state index contributed by atoms with van der Waals surface area (Å²) < 4.78 is 18.2. The number of amides is 1. The lowest BCUT2D eigenvalue weighted by molar-refractivity contribution is 0.0942. The maximum atomic E-state index is 13.0. The summed E-state index contributed by atoms with van der Waals surface area (Å²) in [5.41, 5.74) is 6.40. The van der Waals surface area contributed by atoms with Crippen molar-refractivity contribution >= 4 is 5.91 Å². The Labute approximate surface area is 106 Å². The van der Waals surface area contributed by atoms with E-state index < -0.39 is 5.82 Å². The minimum Gasteiger partial charge on any atom is -0.380 e. The standard InChI is InChI=1S/C13H19FN2O2/c1-10-3-4-11(14)9-12(10)13(17)16-6-2-7-18-8-5-15/h3-4,9H,2,5-8,15H2,1H3,(H,16,17). The molecule has 5 heteroatoms. The van der Waals surface area contributed by atoms with E-state index >= 15 is 0 Å². The summed E-state index contributed by atoms with van der Waals surface area (Å²) in [7, 11) is 0. The van der Waals surface area contributed by atoms with E-state index in [1.165, 1.54) is 12.1 Å². The molecule has 1 amide bonds. The normalized spacial score (nSPS) is 10.4. The van der Waals surface area contributed by atoms with E-state index in [1.54, 1.807) is 13.0 Å². The smallest absolute Gasteiger partial charge is 0.251 e. The number of carbonyl (C=O) groups is 1. The second-order valence-electron chi connectivity index (χ2n) is 3.97. The largest absolute Gasteiger partial charge is 0.380 e. The molecule has 0 heterocycles. The first-order valence-electron chi connectivity index (χ1n) is 5.97. The molecule has 0 aliphatic heterocycles. The van der Waals surface area contributed by atoms with Crippen LogP contribution < -0.4 is 11.1 Å². The average Bonchev–Trinajstić information content (AvgIpc) is 2.36. The summed E-state index contributed by atoms with van der Waals surface area (Å²) in [5, 5.41) is 2.73. The van der Waals surface area contributed by atoms with Crippen molar-refractivity contribution in [1.82, 2.24) is 5.32 Å². The molecule has 0 radical (unpaired) electrons. The zero-order valence-corrected chi connectivity index (χ0v) is 10.5. The maximum absolute atomic E-state index is 13.0. The van der Waals surface area contributed by atoms with Crippen LogP contribution in [0.2, 0.25) is 0 Å². The number of nitrogens with two attached hydrogens (primary N) is 1. The lowest BCUT2D eigenvalue weighted by Crippen LogP contribution is -2.26. The van der Waals surface area contributed by atoms with Crippen molar-refractivity contribution in [3.8, 4) is 0 Å². The third-order valence-corrected chi connectivity index (χ3v) is 2.46. The van der Waals surface area contributed by atoms with Gasteiger partial charge in [-0.05, 0) is 31.0 Å². The monoisotopic (exact) mass is 254 g/mol. The molecule has 18 heavy (non-hydrogen) atoms. The van der Waals surface area contributed by atoms with Gasteiger partial charge < -0.3 is 15.8 Å². The van der Waals surface area contributed by atoms with Gasteiger partial charge >= 0.3 is 0 Å². The molecule has 3 N–H and O–H groups in total. The highest BCUT2D eigenvalue weighted by molar-refractivity contribution is 5.95. The fraction of sp³-hybridized carbons (Fsp3) is 0.462. The van der Waals surface area contributed by atoms with E-state index in [0.717, 1.165) is 5.56 Å². The minimum absolute atomic E-state index is 0.258. The summed E-state index contributed by atoms with van der Waals surface area (Å²) in [6.07, 6.45) is 0.708. The molecule has 0 aromatic heterocycles. The number of aryl methyl sites for hydroxylation is 1. The van der Waals surface area contributed by atoms with E-state index in [1.807, 2.05) is 0 Å². The Bertz CT molecular complexity index is 397. The molecule has 0 fully saturated rings. The molecule has 0 saturated carbocycles. The number of carbonyl (C=O) groups excluding carboxylic acids is 1. The highest BCUT2D eigenvalue weighted by Crippen LogP contribution is 2.09. The van der Waals surface area contributed by atoms with Crippen LogP contribution in [-0.2, 0) is 4.74 Å². The van der Waals surface area contributed by atoms with Gasteiger partial charge in [0.2, 0.25) is 0 Å². The number of rotatable bonds is 7. The number of nitrogens with one attached hydrogen (secondary N) is 1. The van der Waals surface area contributed by atoms with Crippen molar-refractivity contribution in [2.45, 2.75) is 13.3 Å². The molecule has 100 valence electrons. The number of ether oxygens (including phenoxy) is 1. The van der Waals surface area contributed by atoms with Gasteiger partial charge in [0.25, 0.3) is 5.91 Å². The van der Waals surface area contributed by atoms with Crippen LogP contribution in [0.5, 0.6) is 0 Å². The Morgan fingerprint density at radius 3 is 2.94 bits per heavy atom. The summed E-state index contributed by atoms with van der Waals surface area (Å²) in [4.78, 5) is 11.8. The molecule has 0 spiro atoms. The molecule has 4 nitrogen and oxygen atoms in total. The Morgan fingerprint density at radius 2 is 2.22 bits per heavy atom. The van der Waals surface area contributed by atoms with Crippen molar-refractivity contribution in [1.29, 1.82) is 0 Å². The molecular formula is C13H19FN2O2. The third kappa shape index (κ3) is 4.81. The molecule has 1 aromatic rings. The highest BCUT2D eigenvalue weighted by atomic mass is 19.1. The number of benzene rings is 1. The molecule has 0 atom stereocenters. The number of hydrogen-bond donors (Lipinski definition) is 2. The van der Waals surface area contributed by atoms with Gasteiger partial charge in [-0.2, -0.15) is 0 Å². The Balaban J connectivity index is 2.34. The van der Waals surface area contributed by atoms with Crippen molar-refractivity contribution in [2.24, 2.45) is 5.73 Å². The van der Waals surface area contributed by atoms with Crippen LogP contribution in [-0.4, -0.2) is 32.2 Å². The van der Waals surface area contributed by atoms with Gasteiger partial charge in [0, 0.05) is 25.3 Å². The maximum Gasteiger partial charge on any atom is 0.251 e. The SMILES string of the molecule is Cc1ccc(F)cc1C(=O)NCCCOCCN. The summed E-state index contributed by atoms with van der Waals surface area (Å²) in [6.45, 7) is 3.85. The molecule has 0 bridgehead atoms. The summed E-state index contributed by atoms with van der Waals surface area (Å²) in [5.74, 6) is -0.664. The van der Waals surface area contributed by atoms with Gasteiger partial charge in [-0.3, -0.25) is 4.79 Å². The van der Waals surface area contributed by atoms with Crippen LogP contribution >= 0.6 is 0 Å². The van der Waals surface area contributed by atoms with Crippen molar-refractivity contribution in [3.05, 3.63) is 35.1 Å². The van der Waals surface area contributed by atoms with Gasteiger partial charge in [0.05, 0.1) is 6.61 Å². The van der Waals surface area contributed by atoms with Gasteiger partial charge in [-0.15, -0.1) is 0 Å². The van der Waals surface area contributed by atoms with Crippen molar-refractivity contribution in [3.63, 3.8) is 0 Å². The second kappa shape index (κ2) is 7.79. The third-order valence-electron chi connectivity index (χ3n) is 2.46. The zero-order chi connectivity index (χ0) is 13.4. The van der Waals surface area contributed by atoms with Crippen LogP contribution in [0.15, 0.2) is 18.2 Å². The van der Waals surface area contributed by atoms with E-state index in [0.29, 0.717) is 38.3 Å². The fourth-order valence-corrected chi connectivity index (χ4v) is 1.50. The number of halogens is 1. The first-order valence-corrected chi connectivity index (χ1v) is 5.97. The Morgan fingerprint density at radius 1 is 1.44 bits per heavy atom. The van der Waals surface area contributed by atoms with Gasteiger partial charge in [-0.1, -0.05) is 6.07 Å². The molecule has 1 aromatic carbocycles. The van der Waals surface area contributed by atoms with Crippen LogP contribution in [0.4, 0.5) is 4.39 Å². The number of hydrogen-bond acceptors (Lipinski definition) is 3. The van der Waals surface area contributed by atoms with E-state index in [-0.39, 0.29) is 5.91 Å². The Hall–Kier alpha value is -1.46. The van der Waals surface area contributed by atoms with Crippen molar-refractivity contribution < 1.29 is 13.9 Å². The van der Waals surface area contributed by atoms with Gasteiger partial charge in [0.1, 0.15) is 5.82 Å². The van der Waals surface area contributed by atoms with Crippen LogP contribution in [0.3, 0.4) is 0 Å². The zero-order valence-electron chi connectivity index (χ0n) is 10.5. The fourth-order valence-electron chi connectivity index (χ4n) is 1.50. The predicted molar refractivity (Wildman–Crippen MR) is 68.0 cm³/mol. The molecular weight excluding hydrogens is 235 g/mol. The molecule has 0 saturated heterocycles. The second-order valence-corrected chi connectivity index (χ2v) is 3.97. The quantitative estimate of drug-likeness (QED) is 0.719. The van der Waals surface area contributed by atoms with E-state index in [9.17, 15) is 9.18 Å². The van der Waals surface area contributed by atoms with Gasteiger partial charge in [-0.25, -0.2) is 4.39 Å². The predicted octanol–water partition coefficient (Wildman–Crippen LogP) is 1.23. The van der Waals surface area contributed by atoms with Crippen molar-refractivity contribution in [2.75, 3.05) is 26.3 Å². The molecule has 0 aliphatic rings. The van der Waals surface area contributed by atoms with Crippen LogP contribution in [0.25, 0.3) is 0 Å². The molecule has 0 unspecified atom stereocenters. The lowest BCUT2D eigenvalue weighted by atomic mass is 10.1. The van der Waals surface area contributed by atoms with E-state index in [2.05, 4.69) is 5.32 Å². The summed E-state index contributed by atoms with van der Waals surface area (Å²) >= 11 is 0. The average molecular weight is 254 g/mol. The first-order chi connectivity index (χ1) is 8.65. The van der Waals surface area contributed by atoms with Crippen LogP contribution in [0, 0.1) is 12.7 Å². The molecule has 0 aliphatic carbocycles. The lowest BCUT2D eigenvalue weighted by Gasteiger charge is -2.08. The Kier molecular flexibility index (Phi) is 6.32. The summed E-state index contributed by atoms with van der Waals surface area (Å²) in [6, 6.07) is 4.18. The van der Waals surface area contributed by atoms with E-state index in [4.69, 9.17) is 10.5 Å². The first kappa shape index (κ1) is 14.6. The minimum atomic E-state index is -0.406. The highest BCUT2D eigenvalue weighted by Gasteiger charge is 2.09. The van der Waals surface area contributed by atoms with Crippen LogP contribution in [0.1, 0.15) is 22.3 Å².